The van der Waals surface area contributed by atoms with Crippen molar-refractivity contribution in [1.29, 1.82) is 0 Å². The number of hydrogen-bond acceptors (Lipinski definition) is 12. The van der Waals surface area contributed by atoms with Gasteiger partial charge in [-0.15, -0.1) is 0 Å². The normalized spacial score (nSPS) is 14.4. The third kappa shape index (κ3) is 14.2. The second-order valence-corrected chi connectivity index (χ2v) is 12.8. The van der Waals surface area contributed by atoms with Gasteiger partial charge in [0, 0.05) is 23.2 Å². The molecule has 6 atom stereocenters. The van der Waals surface area contributed by atoms with E-state index in [-0.39, 0.29) is 31.1 Å². The molecule has 18 nitrogen and oxygen atoms in total. The first-order valence-corrected chi connectivity index (χ1v) is 17.2. The van der Waals surface area contributed by atoms with Crippen molar-refractivity contribution in [3.8, 4) is 11.1 Å². The Kier molecular flexibility index (Phi) is 17.9. The third-order valence-electron chi connectivity index (χ3n) is 7.63. The van der Waals surface area contributed by atoms with Gasteiger partial charge in [0.1, 0.15) is 24.3 Å². The van der Waals surface area contributed by atoms with Gasteiger partial charge in [0.2, 0.25) is 17.7 Å². The molecule has 0 spiro atoms. The summed E-state index contributed by atoms with van der Waals surface area (Å²) in [6.07, 6.45) is -4.16. The molecule has 0 aliphatic rings. The average Bonchev–Trinajstić information content (AvgIpc) is 3.11. The van der Waals surface area contributed by atoms with Crippen molar-refractivity contribution in [3.05, 3.63) is 59.1 Å². The molecule has 0 aliphatic carbocycles. The number of unbranched alkanes of at least 4 members (excludes halogenated alkanes) is 1. The minimum absolute atomic E-state index is 0.0274. The van der Waals surface area contributed by atoms with E-state index in [1.807, 2.05) is 12.1 Å². The highest BCUT2D eigenvalue weighted by molar-refractivity contribution is 6.38. The van der Waals surface area contributed by atoms with Gasteiger partial charge >= 0.3 is 0 Å². The number of benzene rings is 2. The maximum atomic E-state index is 13.1. The Hall–Kier alpha value is -4.98. The van der Waals surface area contributed by atoms with Gasteiger partial charge in [-0.2, -0.15) is 0 Å². The minimum Gasteiger partial charge on any atom is -0.391 e. The third-order valence-corrected chi connectivity index (χ3v) is 7.88. The molecule has 0 aromatic heterocycles. The molecule has 0 fully saturated rings. The monoisotopic (exact) mass is 760 g/mol. The van der Waals surface area contributed by atoms with E-state index in [4.69, 9.17) is 34.5 Å². The first kappa shape index (κ1) is 44.2. The van der Waals surface area contributed by atoms with Gasteiger partial charge < -0.3 is 59.9 Å². The van der Waals surface area contributed by atoms with Gasteiger partial charge in [-0.05, 0) is 82.0 Å². The first-order valence-electron chi connectivity index (χ1n) is 16.8. The molecule has 0 bridgehead atoms. The molecule has 0 heterocycles. The summed E-state index contributed by atoms with van der Waals surface area (Å²) >= 11 is 5.95. The maximum Gasteiger partial charge on any atom is 0.291 e. The summed E-state index contributed by atoms with van der Waals surface area (Å²) in [6.45, 7) is 4.35. The molecule has 53 heavy (non-hydrogen) atoms. The van der Waals surface area contributed by atoms with Crippen LogP contribution in [0.15, 0.2) is 48.5 Å². The number of hydrogen-bond donors (Lipinski definition) is 11. The molecule has 0 unspecified atom stereocenters. The lowest BCUT2D eigenvalue weighted by atomic mass is 10.0. The van der Waals surface area contributed by atoms with Crippen molar-refractivity contribution in [3.63, 3.8) is 0 Å². The number of aliphatic hydroxyl groups is 1. The van der Waals surface area contributed by atoms with E-state index in [9.17, 15) is 38.7 Å². The van der Waals surface area contributed by atoms with Crippen LogP contribution in [0, 0.1) is 0 Å². The average molecular weight is 761 g/mol. The van der Waals surface area contributed by atoms with Crippen LogP contribution in [-0.2, 0) is 28.8 Å². The fourth-order valence-electron chi connectivity index (χ4n) is 4.71. The van der Waals surface area contributed by atoms with Crippen molar-refractivity contribution in [2.45, 2.75) is 82.6 Å². The molecule has 290 valence electrons. The quantitative estimate of drug-likeness (QED) is 0.0377. The van der Waals surface area contributed by atoms with Gasteiger partial charge in [0.05, 0.1) is 6.10 Å². The second-order valence-electron chi connectivity index (χ2n) is 12.4. The number of aliphatic hydroxyl groups excluding tert-OH is 1. The summed E-state index contributed by atoms with van der Waals surface area (Å²) < 4.78 is 0. The summed E-state index contributed by atoms with van der Waals surface area (Å²) in [5.41, 5.74) is 24.8. The van der Waals surface area contributed by atoms with Crippen molar-refractivity contribution < 1.29 is 38.7 Å². The summed E-state index contributed by atoms with van der Waals surface area (Å²) in [4.78, 5) is 89.4. The highest BCUT2D eigenvalue weighted by Gasteiger charge is 2.33. The summed E-state index contributed by atoms with van der Waals surface area (Å²) in [5.74, 6) is -6.71. The molecule has 15 N–H and O–H groups in total. The number of nitrogens with two attached hydrogens (primary N) is 4. The summed E-state index contributed by atoms with van der Waals surface area (Å²) in [6, 6.07) is 8.97. The Labute approximate surface area is 311 Å². The van der Waals surface area contributed by atoms with Crippen LogP contribution in [0.3, 0.4) is 0 Å². The summed E-state index contributed by atoms with van der Waals surface area (Å²) in [5, 5.41) is 24.7. The molecule has 6 amide bonds. The zero-order valence-corrected chi connectivity index (χ0v) is 30.4. The topological polar surface area (TPSA) is 316 Å². The van der Waals surface area contributed by atoms with Gasteiger partial charge in [0.15, 0.2) is 6.17 Å². The highest BCUT2D eigenvalue weighted by Crippen LogP contribution is 2.22. The number of carbonyl (C=O) groups is 7. The minimum atomic E-state index is -1.79. The second kappa shape index (κ2) is 21.5. The van der Waals surface area contributed by atoms with E-state index in [1.165, 1.54) is 6.92 Å². The number of Topliss-reactive ketones (excluding diaryl/α,β-unsaturated/α-hetero) is 1. The Morgan fingerprint density at radius 3 is 1.74 bits per heavy atom. The molecule has 0 radical (unpaired) electrons. The van der Waals surface area contributed by atoms with Crippen molar-refractivity contribution in [2.24, 2.45) is 22.9 Å². The predicted molar refractivity (Wildman–Crippen MR) is 196 cm³/mol. The lowest BCUT2D eigenvalue weighted by Crippen LogP contribution is -2.63. The van der Waals surface area contributed by atoms with Crippen LogP contribution in [0.1, 0.15) is 50.4 Å². The van der Waals surface area contributed by atoms with Crippen molar-refractivity contribution in [2.75, 3.05) is 13.1 Å². The van der Waals surface area contributed by atoms with Crippen LogP contribution in [0.4, 0.5) is 0 Å². The van der Waals surface area contributed by atoms with Crippen LogP contribution in [-0.4, -0.2) is 102 Å². The fraction of sp³-hybridized carbons (Fsp3) is 0.441. The summed E-state index contributed by atoms with van der Waals surface area (Å²) in [7, 11) is 0. The van der Waals surface area contributed by atoms with E-state index in [0.717, 1.165) is 11.1 Å². The van der Waals surface area contributed by atoms with Crippen molar-refractivity contribution >= 4 is 52.8 Å². The molecular weight excluding hydrogens is 712 g/mol. The largest absolute Gasteiger partial charge is 0.391 e. The van der Waals surface area contributed by atoms with E-state index < -0.39 is 77.8 Å². The molecule has 0 saturated carbocycles. The molecule has 2 aromatic rings. The van der Waals surface area contributed by atoms with E-state index >= 15 is 0 Å². The Balaban J connectivity index is 2.05. The maximum absolute atomic E-state index is 13.1. The number of nitrogens with one attached hydrogen (secondary N) is 6. The molecule has 2 rings (SSSR count). The van der Waals surface area contributed by atoms with Crippen LogP contribution in [0.5, 0.6) is 0 Å². The SMILES string of the molecule is CC(C)NC(=O)C(=O)[C@H](N)NC(=O)[C@H](CCCCN)NC(=O)[C@H](N)NC(=O)[C@@H](NC(=O)[C@H](CN)NC(=O)c1ccc(-c2ccc(Cl)cc2)cc1)[C@@H](C)O. The number of halogens is 1. The lowest BCUT2D eigenvalue weighted by molar-refractivity contribution is -0.140. The van der Waals surface area contributed by atoms with Gasteiger partial charge in [-0.3, -0.25) is 33.6 Å². The predicted octanol–water partition coefficient (Wildman–Crippen LogP) is -2.56. The Morgan fingerprint density at radius 1 is 0.660 bits per heavy atom. The number of amides is 6. The van der Waals surface area contributed by atoms with E-state index in [0.29, 0.717) is 17.9 Å². The highest BCUT2D eigenvalue weighted by atomic mass is 35.5. The zero-order valence-electron chi connectivity index (χ0n) is 29.7. The van der Waals surface area contributed by atoms with Gasteiger partial charge in [0.25, 0.3) is 23.5 Å². The molecular formula is C34H49ClN10O8. The molecule has 19 heteroatoms. The standard InChI is InChI=1S/C34H49ClN10O8/c1-17(2)40-33(52)26(47)27(38)44-30(49)23(6-4-5-15-36)41-34(53)28(39)45-32(51)25(18(3)46)43-31(50)24(16-37)42-29(48)21-9-7-19(8-10-21)20-11-13-22(35)14-12-20/h7-14,17-18,23-25,27-28,46H,4-6,15-16,36-39H2,1-3H3,(H,40,52)(H,41,53)(H,42,48)(H,43,50)(H,44,49)(H,45,51)/t18-,23+,24+,25+,27-,28-/m1/s1. The number of carbonyl (C=O) groups excluding carboxylic acids is 7. The molecule has 2 aromatic carbocycles. The molecule has 0 aliphatic heterocycles. The number of rotatable bonds is 20. The lowest BCUT2D eigenvalue weighted by Gasteiger charge is -2.26. The Morgan fingerprint density at radius 2 is 1.21 bits per heavy atom. The van der Waals surface area contributed by atoms with E-state index in [2.05, 4.69) is 31.9 Å². The Bertz CT molecular complexity index is 1590. The van der Waals surface area contributed by atoms with Crippen LogP contribution < -0.4 is 54.8 Å². The van der Waals surface area contributed by atoms with Gasteiger partial charge in [-0.1, -0.05) is 35.9 Å². The van der Waals surface area contributed by atoms with Crippen LogP contribution >= 0.6 is 11.6 Å². The van der Waals surface area contributed by atoms with Gasteiger partial charge in [-0.25, -0.2) is 0 Å². The van der Waals surface area contributed by atoms with E-state index in [1.54, 1.807) is 50.2 Å². The fourth-order valence-corrected chi connectivity index (χ4v) is 4.84. The van der Waals surface area contributed by atoms with Crippen molar-refractivity contribution in [1.82, 2.24) is 31.9 Å². The zero-order chi connectivity index (χ0) is 39.8. The molecule has 0 saturated heterocycles. The number of ketones is 1. The first-order chi connectivity index (χ1) is 25.0. The smallest absolute Gasteiger partial charge is 0.291 e. The van der Waals surface area contributed by atoms with Crippen LogP contribution in [0.25, 0.3) is 11.1 Å². The van der Waals surface area contributed by atoms with Crippen LogP contribution in [0.2, 0.25) is 5.02 Å².